The molecular formula is C23H33BrN6O5. The van der Waals surface area contributed by atoms with E-state index >= 15 is 0 Å². The first-order chi connectivity index (χ1) is 16.4. The molecule has 0 aliphatic heterocycles. The monoisotopic (exact) mass is 552 g/mol. The number of hydrogen-bond donors (Lipinski definition) is 2. The maximum absolute atomic E-state index is 10.1. The van der Waals surface area contributed by atoms with Gasteiger partial charge in [-0.2, -0.15) is 9.59 Å². The van der Waals surface area contributed by atoms with Gasteiger partial charge in [-0.25, -0.2) is 19.9 Å². The van der Waals surface area contributed by atoms with Gasteiger partial charge in [0.1, 0.15) is 23.1 Å². The molecule has 3 rings (SSSR count). The second-order valence-electron chi connectivity index (χ2n) is 6.75. The van der Waals surface area contributed by atoms with E-state index in [0.717, 1.165) is 40.8 Å². The van der Waals surface area contributed by atoms with Crippen molar-refractivity contribution >= 4 is 45.1 Å². The summed E-state index contributed by atoms with van der Waals surface area (Å²) < 4.78 is 2.03. The lowest BCUT2D eigenvalue weighted by atomic mass is 10.3. The molecule has 0 saturated carbocycles. The first kappa shape index (κ1) is 33.8. The SMILES string of the molecule is CC(=O)C(=O)CBr.CCO.CCc1cn2c(C)nc(C)cc2n1.Cc1cc(N)nc(C)n1.O=C=O. The molecule has 192 valence electrons. The molecule has 3 heterocycles. The fourth-order valence-corrected chi connectivity index (χ4v) is 2.74. The van der Waals surface area contributed by atoms with Crippen molar-refractivity contribution in [3.63, 3.8) is 0 Å². The van der Waals surface area contributed by atoms with Gasteiger partial charge in [-0.3, -0.25) is 14.0 Å². The number of aryl methyl sites for hydroxylation is 5. The van der Waals surface area contributed by atoms with Crippen molar-refractivity contribution in [3.8, 4) is 0 Å². The van der Waals surface area contributed by atoms with E-state index in [2.05, 4.69) is 49.0 Å². The van der Waals surface area contributed by atoms with Crippen molar-refractivity contribution in [2.45, 2.75) is 54.9 Å². The molecule has 11 nitrogen and oxygen atoms in total. The molecule has 12 heteroatoms. The first-order valence-electron chi connectivity index (χ1n) is 10.5. The van der Waals surface area contributed by atoms with Crippen LogP contribution in [-0.4, -0.2) is 59.1 Å². The molecule has 0 spiro atoms. The fraction of sp³-hybridized carbons (Fsp3) is 0.435. The maximum Gasteiger partial charge on any atom is 0.373 e. The predicted octanol–water partition coefficient (Wildman–Crippen LogP) is 2.54. The van der Waals surface area contributed by atoms with E-state index in [-0.39, 0.29) is 23.9 Å². The number of alkyl halides is 1. The zero-order valence-corrected chi connectivity index (χ0v) is 22.7. The number of aliphatic hydroxyl groups is 1. The molecule has 3 N–H and O–H groups in total. The Labute approximate surface area is 213 Å². The van der Waals surface area contributed by atoms with Crippen LogP contribution >= 0.6 is 15.9 Å². The van der Waals surface area contributed by atoms with E-state index in [4.69, 9.17) is 20.4 Å². The number of hydrogen-bond acceptors (Lipinski definition) is 10. The number of halogens is 1. The standard InChI is InChI=1S/C10H13N3.C6H9N3.C4H5BrO2.C2H6O.CO2/c1-4-9-6-13-8(3)11-7(2)5-10(13)12-9;1-4-3-6(7)9-5(2)8-4;1-3(6)4(7)2-5;1-2-3;2-1-3/h5-6H,4H2,1-3H3;3H,1-2H3,(H2,7,8,9);2H2,1H3;3H,2H2,1H3;. The number of carbonyl (C=O) groups excluding carboxylic acids is 4. The van der Waals surface area contributed by atoms with Crippen LogP contribution < -0.4 is 5.73 Å². The summed E-state index contributed by atoms with van der Waals surface area (Å²) in [7, 11) is 0. The molecule has 3 aromatic rings. The number of fused-ring (bicyclic) bond motifs is 1. The number of anilines is 1. The third kappa shape index (κ3) is 15.2. The zero-order valence-electron chi connectivity index (χ0n) is 21.1. The second kappa shape index (κ2) is 19.0. The third-order valence-corrected chi connectivity index (χ3v) is 4.18. The molecule has 0 radical (unpaired) electrons. The summed E-state index contributed by atoms with van der Waals surface area (Å²) in [6, 6.07) is 3.75. The summed E-state index contributed by atoms with van der Waals surface area (Å²) in [5, 5.41) is 7.71. The number of imidazole rings is 1. The summed E-state index contributed by atoms with van der Waals surface area (Å²) in [6.45, 7) is 13.0. The Kier molecular flexibility index (Phi) is 18.4. The van der Waals surface area contributed by atoms with Gasteiger partial charge in [-0.05, 0) is 41.0 Å². The minimum Gasteiger partial charge on any atom is -0.397 e. The molecule has 0 fully saturated rings. The van der Waals surface area contributed by atoms with E-state index < -0.39 is 5.78 Å². The Bertz CT molecular complexity index is 1060. The topological polar surface area (TPSA) is 170 Å². The lowest BCUT2D eigenvalue weighted by Crippen LogP contribution is -2.09. The van der Waals surface area contributed by atoms with Gasteiger partial charge in [-0.1, -0.05) is 22.9 Å². The molecule has 0 aliphatic rings. The van der Waals surface area contributed by atoms with Crippen molar-refractivity contribution in [1.82, 2.24) is 24.3 Å². The summed E-state index contributed by atoms with van der Waals surface area (Å²) in [5.41, 5.74) is 9.47. The smallest absolute Gasteiger partial charge is 0.373 e. The summed E-state index contributed by atoms with van der Waals surface area (Å²) in [5.74, 6) is 1.51. The summed E-state index contributed by atoms with van der Waals surface area (Å²) >= 11 is 2.84. The number of nitrogens with zero attached hydrogens (tertiary/aromatic N) is 5. The van der Waals surface area contributed by atoms with E-state index in [1.54, 1.807) is 13.0 Å². The minimum atomic E-state index is -0.392. The molecular weight excluding hydrogens is 520 g/mol. The number of aromatic nitrogens is 5. The van der Waals surface area contributed by atoms with Gasteiger partial charge >= 0.3 is 6.15 Å². The van der Waals surface area contributed by atoms with Crippen LogP contribution in [0.4, 0.5) is 5.82 Å². The van der Waals surface area contributed by atoms with Crippen molar-refractivity contribution in [2.24, 2.45) is 0 Å². The van der Waals surface area contributed by atoms with Crippen LogP contribution in [0.1, 0.15) is 49.5 Å². The Morgan fingerprint density at radius 1 is 1.03 bits per heavy atom. The molecule has 0 unspecified atom stereocenters. The van der Waals surface area contributed by atoms with Gasteiger partial charge < -0.3 is 10.8 Å². The average Bonchev–Trinajstić information content (AvgIpc) is 3.18. The zero-order chi connectivity index (χ0) is 27.6. The van der Waals surface area contributed by atoms with E-state index in [1.165, 1.54) is 6.92 Å². The summed E-state index contributed by atoms with van der Waals surface area (Å²) in [6.07, 6.45) is 3.28. The Morgan fingerprint density at radius 3 is 1.91 bits per heavy atom. The third-order valence-electron chi connectivity index (χ3n) is 3.67. The van der Waals surface area contributed by atoms with Gasteiger partial charge in [0, 0.05) is 43.2 Å². The number of Topliss-reactive ketones (excluding diaryl/α,β-unsaturated/α-hetero) is 2. The Balaban J connectivity index is 0. The normalized spacial score (nSPS) is 8.94. The second-order valence-corrected chi connectivity index (χ2v) is 7.31. The quantitative estimate of drug-likeness (QED) is 0.363. The van der Waals surface area contributed by atoms with Crippen molar-refractivity contribution < 1.29 is 24.3 Å². The predicted molar refractivity (Wildman–Crippen MR) is 135 cm³/mol. The first-order valence-corrected chi connectivity index (χ1v) is 11.6. The molecule has 0 atom stereocenters. The van der Waals surface area contributed by atoms with Crippen molar-refractivity contribution in [1.29, 1.82) is 0 Å². The van der Waals surface area contributed by atoms with Crippen molar-refractivity contribution in [3.05, 3.63) is 47.1 Å². The van der Waals surface area contributed by atoms with Gasteiger partial charge in [0.2, 0.25) is 5.78 Å². The van der Waals surface area contributed by atoms with E-state index in [9.17, 15) is 9.59 Å². The molecule has 0 aliphatic carbocycles. The van der Waals surface area contributed by atoms with Crippen LogP contribution in [0, 0.1) is 27.7 Å². The van der Waals surface area contributed by atoms with Crippen LogP contribution in [0.15, 0.2) is 18.3 Å². The molecule has 35 heavy (non-hydrogen) atoms. The van der Waals surface area contributed by atoms with Gasteiger partial charge in [0.15, 0.2) is 5.78 Å². The largest absolute Gasteiger partial charge is 0.397 e. The Morgan fingerprint density at radius 2 is 1.54 bits per heavy atom. The van der Waals surface area contributed by atoms with Crippen LogP contribution in [0.2, 0.25) is 0 Å². The number of aliphatic hydroxyl groups excluding tert-OH is 1. The molecule has 0 amide bonds. The minimum absolute atomic E-state index is 0.141. The number of nitrogen functional groups attached to an aromatic ring is 1. The molecule has 3 aromatic heterocycles. The molecule has 0 aromatic carbocycles. The highest BCUT2D eigenvalue weighted by Gasteiger charge is 2.03. The number of nitrogens with two attached hydrogens (primary N) is 1. The Hall–Kier alpha value is -3.34. The number of ketones is 2. The van der Waals surface area contributed by atoms with Gasteiger partial charge in [-0.15, -0.1) is 0 Å². The van der Waals surface area contributed by atoms with E-state index in [1.807, 2.05) is 38.2 Å². The highest BCUT2D eigenvalue weighted by molar-refractivity contribution is 9.09. The van der Waals surface area contributed by atoms with Crippen LogP contribution in [0.25, 0.3) is 5.65 Å². The highest BCUT2D eigenvalue weighted by Crippen LogP contribution is 2.08. The fourth-order valence-electron chi connectivity index (χ4n) is 2.34. The maximum atomic E-state index is 10.1. The summed E-state index contributed by atoms with van der Waals surface area (Å²) in [4.78, 5) is 53.2. The van der Waals surface area contributed by atoms with Crippen LogP contribution in [-0.2, 0) is 25.6 Å². The number of rotatable bonds is 3. The molecule has 0 saturated heterocycles. The lowest BCUT2D eigenvalue weighted by molar-refractivity contribution is -0.191. The van der Waals surface area contributed by atoms with Gasteiger partial charge in [0.05, 0.1) is 11.0 Å². The van der Waals surface area contributed by atoms with Crippen molar-refractivity contribution in [2.75, 3.05) is 17.7 Å². The van der Waals surface area contributed by atoms with E-state index in [0.29, 0.717) is 5.82 Å². The van der Waals surface area contributed by atoms with Crippen LogP contribution in [0.3, 0.4) is 0 Å². The van der Waals surface area contributed by atoms with Gasteiger partial charge in [0.25, 0.3) is 0 Å². The van der Waals surface area contributed by atoms with Crippen LogP contribution in [0.5, 0.6) is 0 Å². The number of carbonyl (C=O) groups is 2. The highest BCUT2D eigenvalue weighted by atomic mass is 79.9. The average molecular weight is 553 g/mol. The molecule has 0 bridgehead atoms. The lowest BCUT2D eigenvalue weighted by Gasteiger charge is -1.98.